The molecule has 0 fully saturated rings. The van der Waals surface area contributed by atoms with Gasteiger partial charge in [-0.25, -0.2) is 0 Å². The second-order valence-electron chi connectivity index (χ2n) is 4.92. The summed E-state index contributed by atoms with van der Waals surface area (Å²) in [4.78, 5) is 2.25. The number of halogens is 2. The maximum Gasteiger partial charge on any atom is 0.0599 e. The minimum Gasteiger partial charge on any atom is -0.299 e. The molecular formula is C16H17Br2N. The van der Waals surface area contributed by atoms with Gasteiger partial charge in [0.25, 0.3) is 0 Å². The molecule has 100 valence electrons. The molecule has 0 saturated heterocycles. The Morgan fingerprint density at radius 1 is 0.895 bits per heavy atom. The molecular weight excluding hydrogens is 366 g/mol. The van der Waals surface area contributed by atoms with E-state index in [4.69, 9.17) is 0 Å². The van der Waals surface area contributed by atoms with Gasteiger partial charge in [0, 0.05) is 8.95 Å². The van der Waals surface area contributed by atoms with Crippen molar-refractivity contribution in [3.8, 4) is 0 Å². The zero-order valence-corrected chi connectivity index (χ0v) is 14.5. The SMILES string of the molecule is Cc1cc(Br)ccc1[C@H](c1ccc(Br)cc1)N(C)C. The smallest absolute Gasteiger partial charge is 0.0599 e. The van der Waals surface area contributed by atoms with E-state index in [1.165, 1.54) is 16.7 Å². The Morgan fingerprint density at radius 2 is 1.47 bits per heavy atom. The summed E-state index contributed by atoms with van der Waals surface area (Å²) in [5, 5.41) is 0. The van der Waals surface area contributed by atoms with Gasteiger partial charge in [-0.3, -0.25) is 4.90 Å². The molecule has 0 saturated carbocycles. The molecule has 2 rings (SSSR count). The lowest BCUT2D eigenvalue weighted by Gasteiger charge is -2.27. The molecule has 0 aliphatic rings. The minimum atomic E-state index is 0.279. The average Bonchev–Trinajstić information content (AvgIpc) is 2.34. The predicted molar refractivity (Wildman–Crippen MR) is 88.6 cm³/mol. The van der Waals surface area contributed by atoms with Gasteiger partial charge in [-0.2, -0.15) is 0 Å². The van der Waals surface area contributed by atoms with E-state index < -0.39 is 0 Å². The monoisotopic (exact) mass is 381 g/mol. The second-order valence-corrected chi connectivity index (χ2v) is 6.75. The Kier molecular flexibility index (Phi) is 4.82. The lowest BCUT2D eigenvalue weighted by atomic mass is 9.94. The third-order valence-corrected chi connectivity index (χ3v) is 4.25. The minimum absolute atomic E-state index is 0.279. The van der Waals surface area contributed by atoms with Gasteiger partial charge in [-0.15, -0.1) is 0 Å². The summed E-state index contributed by atoms with van der Waals surface area (Å²) in [6.45, 7) is 2.16. The molecule has 0 amide bonds. The van der Waals surface area contributed by atoms with Crippen molar-refractivity contribution in [3.63, 3.8) is 0 Å². The van der Waals surface area contributed by atoms with Crippen LogP contribution in [0.2, 0.25) is 0 Å². The van der Waals surface area contributed by atoms with Crippen LogP contribution >= 0.6 is 31.9 Å². The molecule has 1 nitrogen and oxygen atoms in total. The van der Waals surface area contributed by atoms with Gasteiger partial charge < -0.3 is 0 Å². The van der Waals surface area contributed by atoms with Crippen molar-refractivity contribution in [3.05, 3.63) is 68.1 Å². The van der Waals surface area contributed by atoms with Crippen LogP contribution in [-0.4, -0.2) is 19.0 Å². The predicted octanol–water partition coefficient (Wildman–Crippen LogP) is 5.17. The zero-order chi connectivity index (χ0) is 14.0. The van der Waals surface area contributed by atoms with Crippen molar-refractivity contribution in [1.29, 1.82) is 0 Å². The molecule has 0 N–H and O–H groups in total. The van der Waals surface area contributed by atoms with Crippen molar-refractivity contribution >= 4 is 31.9 Å². The number of hydrogen-bond donors (Lipinski definition) is 0. The number of rotatable bonds is 3. The van der Waals surface area contributed by atoms with Gasteiger partial charge in [-0.1, -0.05) is 50.1 Å². The molecule has 0 unspecified atom stereocenters. The van der Waals surface area contributed by atoms with Gasteiger partial charge in [0.15, 0.2) is 0 Å². The van der Waals surface area contributed by atoms with E-state index in [0.29, 0.717) is 0 Å². The summed E-state index contributed by atoms with van der Waals surface area (Å²) < 4.78 is 2.24. The van der Waals surface area contributed by atoms with Crippen LogP contribution in [-0.2, 0) is 0 Å². The lowest BCUT2D eigenvalue weighted by molar-refractivity contribution is 0.341. The van der Waals surface area contributed by atoms with Crippen molar-refractivity contribution in [2.24, 2.45) is 0 Å². The van der Waals surface area contributed by atoms with Gasteiger partial charge in [-0.05, 0) is 62.0 Å². The second kappa shape index (κ2) is 6.21. The van der Waals surface area contributed by atoms with E-state index in [1.54, 1.807) is 0 Å². The third kappa shape index (κ3) is 3.47. The molecule has 19 heavy (non-hydrogen) atoms. The fourth-order valence-electron chi connectivity index (χ4n) is 2.35. The van der Waals surface area contributed by atoms with Crippen molar-refractivity contribution < 1.29 is 0 Å². The average molecular weight is 383 g/mol. The molecule has 0 spiro atoms. The highest BCUT2D eigenvalue weighted by Gasteiger charge is 2.18. The lowest BCUT2D eigenvalue weighted by Crippen LogP contribution is -2.21. The van der Waals surface area contributed by atoms with E-state index in [2.05, 4.69) is 100 Å². The Morgan fingerprint density at radius 3 is 2.00 bits per heavy atom. The first-order valence-corrected chi connectivity index (χ1v) is 7.75. The molecule has 0 heterocycles. The fraction of sp³-hybridized carbons (Fsp3) is 0.250. The summed E-state index contributed by atoms with van der Waals surface area (Å²) in [6.07, 6.45) is 0. The molecule has 0 aliphatic carbocycles. The van der Waals surface area contributed by atoms with Crippen LogP contribution in [0.3, 0.4) is 0 Å². The van der Waals surface area contributed by atoms with Crippen molar-refractivity contribution in [1.82, 2.24) is 4.90 Å². The summed E-state index contributed by atoms with van der Waals surface area (Å²) in [5.41, 5.74) is 3.95. The molecule has 0 aliphatic heterocycles. The van der Waals surface area contributed by atoms with Crippen LogP contribution in [0.25, 0.3) is 0 Å². The van der Waals surface area contributed by atoms with Gasteiger partial charge in [0.05, 0.1) is 6.04 Å². The van der Waals surface area contributed by atoms with E-state index in [-0.39, 0.29) is 6.04 Å². The molecule has 0 radical (unpaired) electrons. The Hall–Kier alpha value is -0.640. The quantitative estimate of drug-likeness (QED) is 0.707. The van der Waals surface area contributed by atoms with Crippen LogP contribution in [0, 0.1) is 6.92 Å². The standard InChI is InChI=1S/C16H17Br2N/c1-11-10-14(18)8-9-15(11)16(19(2)3)12-4-6-13(17)7-5-12/h4-10,16H,1-3H3/t16-/m0/s1. The van der Waals surface area contributed by atoms with E-state index in [9.17, 15) is 0 Å². The summed E-state index contributed by atoms with van der Waals surface area (Å²) in [7, 11) is 4.24. The Labute approximate surface area is 131 Å². The highest BCUT2D eigenvalue weighted by molar-refractivity contribution is 9.10. The van der Waals surface area contributed by atoms with Crippen molar-refractivity contribution in [2.75, 3.05) is 14.1 Å². The molecule has 0 bridgehead atoms. The van der Waals surface area contributed by atoms with Gasteiger partial charge >= 0.3 is 0 Å². The Balaban J connectivity index is 2.48. The largest absolute Gasteiger partial charge is 0.299 e. The first-order chi connectivity index (χ1) is 8.99. The third-order valence-electron chi connectivity index (χ3n) is 3.23. The van der Waals surface area contributed by atoms with Gasteiger partial charge in [0.2, 0.25) is 0 Å². The fourth-order valence-corrected chi connectivity index (χ4v) is 3.09. The van der Waals surface area contributed by atoms with Crippen LogP contribution in [0.15, 0.2) is 51.4 Å². The topological polar surface area (TPSA) is 3.24 Å². The van der Waals surface area contributed by atoms with Gasteiger partial charge in [0.1, 0.15) is 0 Å². The van der Waals surface area contributed by atoms with Crippen LogP contribution in [0.4, 0.5) is 0 Å². The maximum atomic E-state index is 3.53. The first kappa shape index (κ1) is 14.8. The van der Waals surface area contributed by atoms with Crippen LogP contribution in [0.1, 0.15) is 22.7 Å². The van der Waals surface area contributed by atoms with Crippen LogP contribution in [0.5, 0.6) is 0 Å². The first-order valence-electron chi connectivity index (χ1n) is 6.17. The summed E-state index contributed by atoms with van der Waals surface area (Å²) in [5.74, 6) is 0. The molecule has 3 heteroatoms. The molecule has 1 atom stereocenters. The van der Waals surface area contributed by atoms with E-state index in [1.807, 2.05) is 0 Å². The van der Waals surface area contributed by atoms with E-state index >= 15 is 0 Å². The number of nitrogens with zero attached hydrogens (tertiary/aromatic N) is 1. The maximum absolute atomic E-state index is 3.53. The summed E-state index contributed by atoms with van der Waals surface area (Å²) >= 11 is 7.02. The summed E-state index contributed by atoms with van der Waals surface area (Å²) in [6, 6.07) is 15.3. The van der Waals surface area contributed by atoms with Crippen LogP contribution < -0.4 is 0 Å². The highest BCUT2D eigenvalue weighted by atomic mass is 79.9. The van der Waals surface area contributed by atoms with Crippen molar-refractivity contribution in [2.45, 2.75) is 13.0 Å². The number of benzene rings is 2. The molecule has 2 aromatic rings. The normalized spacial score (nSPS) is 12.7. The molecule has 2 aromatic carbocycles. The van der Waals surface area contributed by atoms with E-state index in [0.717, 1.165) is 8.95 Å². The Bertz CT molecular complexity index is 561. The molecule has 0 aromatic heterocycles. The number of aryl methyl sites for hydroxylation is 1. The zero-order valence-electron chi connectivity index (χ0n) is 11.3. The number of hydrogen-bond acceptors (Lipinski definition) is 1. The highest BCUT2D eigenvalue weighted by Crippen LogP contribution is 2.31.